The number of guanidine groups is 1. The summed E-state index contributed by atoms with van der Waals surface area (Å²) in [6, 6.07) is 8.85. The maximum atomic E-state index is 12.3. The largest absolute Gasteiger partial charge is 0.368 e. The third kappa shape index (κ3) is 5.93. The molecule has 7 nitrogen and oxygen atoms in total. The number of hydrogen-bond acceptors (Lipinski definition) is 4. The summed E-state index contributed by atoms with van der Waals surface area (Å²) in [4.78, 5) is 19.1. The van der Waals surface area contributed by atoms with E-state index in [0.717, 1.165) is 43.1 Å². The van der Waals surface area contributed by atoms with Crippen LogP contribution in [0.2, 0.25) is 0 Å². The number of rotatable bonds is 6. The topological polar surface area (TPSA) is 78.0 Å². The molecular weight excluding hydrogens is 366 g/mol. The fourth-order valence-electron chi connectivity index (χ4n) is 3.94. The summed E-state index contributed by atoms with van der Waals surface area (Å²) in [5, 5.41) is 9.92. The van der Waals surface area contributed by atoms with E-state index in [9.17, 15) is 4.79 Å². The summed E-state index contributed by atoms with van der Waals surface area (Å²) in [6.45, 7) is 10.2. The number of hydrogen-bond donors (Lipinski definition) is 3. The first-order valence-electron chi connectivity index (χ1n) is 10.7. The van der Waals surface area contributed by atoms with Crippen molar-refractivity contribution >= 4 is 17.6 Å². The highest BCUT2D eigenvalue weighted by Crippen LogP contribution is 2.19. The Kier molecular flexibility index (Phi) is 7.50. The van der Waals surface area contributed by atoms with Gasteiger partial charge >= 0.3 is 0 Å². The lowest BCUT2D eigenvalue weighted by molar-refractivity contribution is -0.124. The fourth-order valence-corrected chi connectivity index (χ4v) is 3.94. The molecule has 160 valence electrons. The summed E-state index contributed by atoms with van der Waals surface area (Å²) < 4.78 is 5.45. The van der Waals surface area contributed by atoms with Gasteiger partial charge in [0.15, 0.2) is 5.96 Å². The predicted octanol–water partition coefficient (Wildman–Crippen LogP) is 2.20. The van der Waals surface area contributed by atoms with Crippen molar-refractivity contribution in [3.05, 3.63) is 29.8 Å². The molecule has 29 heavy (non-hydrogen) atoms. The summed E-state index contributed by atoms with van der Waals surface area (Å²) in [5.74, 6) is 1.32. The molecule has 1 aromatic rings. The molecule has 2 aliphatic rings. The number of ether oxygens (including phenoxy) is 1. The maximum Gasteiger partial charge on any atom is 0.253 e. The number of carbonyl (C=O) groups excluding carboxylic acids is 1. The molecule has 0 spiro atoms. The van der Waals surface area contributed by atoms with Gasteiger partial charge in [-0.25, -0.2) is 0 Å². The third-order valence-corrected chi connectivity index (χ3v) is 5.79. The summed E-state index contributed by atoms with van der Waals surface area (Å²) in [6.07, 6.45) is 1.42. The first kappa shape index (κ1) is 21.6. The van der Waals surface area contributed by atoms with Crippen molar-refractivity contribution in [2.24, 2.45) is 10.9 Å². The zero-order valence-electron chi connectivity index (χ0n) is 18.1. The van der Waals surface area contributed by atoms with Crippen molar-refractivity contribution in [1.29, 1.82) is 0 Å². The molecule has 2 saturated heterocycles. The van der Waals surface area contributed by atoms with Crippen LogP contribution in [0.15, 0.2) is 29.3 Å². The van der Waals surface area contributed by atoms with Crippen LogP contribution in [0.3, 0.4) is 0 Å². The number of anilines is 1. The Morgan fingerprint density at radius 2 is 2.17 bits per heavy atom. The van der Waals surface area contributed by atoms with Crippen LogP contribution < -0.4 is 16.0 Å². The van der Waals surface area contributed by atoms with E-state index in [1.54, 1.807) is 7.05 Å². The minimum Gasteiger partial charge on any atom is -0.368 e. The average Bonchev–Trinajstić information content (AvgIpc) is 3.36. The molecular formula is C22H35N5O2. The Morgan fingerprint density at radius 3 is 2.83 bits per heavy atom. The van der Waals surface area contributed by atoms with Crippen molar-refractivity contribution in [2.45, 2.75) is 58.3 Å². The van der Waals surface area contributed by atoms with Gasteiger partial charge in [0.1, 0.15) is 6.10 Å². The fraction of sp³-hybridized carbons (Fsp3) is 0.636. The number of likely N-dealkylation sites (tertiary alicyclic amines) is 1. The van der Waals surface area contributed by atoms with E-state index in [-0.39, 0.29) is 12.0 Å². The Labute approximate surface area is 174 Å². The standard InChI is InChI=1S/C22H35N5O2/c1-15(2)27-13-16(3)19(14-27)26-22(23-4)24-12-17-7-5-8-18(11-17)25-21(28)20-9-6-10-29-20/h5,7-8,11,15-16,19-20H,6,9-10,12-14H2,1-4H3,(H,25,28)(H2,23,24,26). The van der Waals surface area contributed by atoms with Crippen LogP contribution in [0.25, 0.3) is 0 Å². The Hall–Kier alpha value is -2.12. The minimum atomic E-state index is -0.321. The van der Waals surface area contributed by atoms with E-state index in [2.05, 4.69) is 46.6 Å². The van der Waals surface area contributed by atoms with Crippen LogP contribution in [-0.4, -0.2) is 61.7 Å². The molecule has 2 fully saturated rings. The van der Waals surface area contributed by atoms with Crippen LogP contribution in [-0.2, 0) is 16.1 Å². The van der Waals surface area contributed by atoms with Gasteiger partial charge in [-0.1, -0.05) is 19.1 Å². The summed E-state index contributed by atoms with van der Waals surface area (Å²) in [7, 11) is 1.80. The lowest BCUT2D eigenvalue weighted by Gasteiger charge is -2.22. The molecule has 7 heteroatoms. The van der Waals surface area contributed by atoms with Gasteiger partial charge in [0.2, 0.25) is 0 Å². The van der Waals surface area contributed by atoms with Crippen LogP contribution in [0.1, 0.15) is 39.2 Å². The van der Waals surface area contributed by atoms with Gasteiger partial charge < -0.3 is 20.7 Å². The molecule has 0 bridgehead atoms. The summed E-state index contributed by atoms with van der Waals surface area (Å²) in [5.41, 5.74) is 1.88. The second-order valence-electron chi connectivity index (χ2n) is 8.39. The first-order chi connectivity index (χ1) is 14.0. The van der Waals surface area contributed by atoms with Crippen molar-refractivity contribution < 1.29 is 9.53 Å². The van der Waals surface area contributed by atoms with Gasteiger partial charge in [0.25, 0.3) is 5.91 Å². The van der Waals surface area contributed by atoms with Crippen LogP contribution in [0.5, 0.6) is 0 Å². The highest BCUT2D eigenvalue weighted by atomic mass is 16.5. The van der Waals surface area contributed by atoms with Gasteiger partial charge in [-0.3, -0.25) is 14.7 Å². The smallest absolute Gasteiger partial charge is 0.253 e. The number of carbonyl (C=O) groups is 1. The number of nitrogens with one attached hydrogen (secondary N) is 3. The van der Waals surface area contributed by atoms with Gasteiger partial charge in [-0.2, -0.15) is 0 Å². The van der Waals surface area contributed by atoms with Crippen molar-refractivity contribution in [3.8, 4) is 0 Å². The van der Waals surface area contributed by atoms with Gasteiger partial charge in [-0.15, -0.1) is 0 Å². The SMILES string of the molecule is CN=C(NCc1cccc(NC(=O)C2CCCO2)c1)NC1CN(C(C)C)CC1C. The molecule has 1 aromatic carbocycles. The lowest BCUT2D eigenvalue weighted by atomic mass is 10.1. The zero-order chi connectivity index (χ0) is 20.8. The normalized spacial score (nSPS) is 25.4. The number of benzene rings is 1. The summed E-state index contributed by atoms with van der Waals surface area (Å²) >= 11 is 0. The molecule has 2 heterocycles. The van der Waals surface area contributed by atoms with Crippen molar-refractivity contribution in [2.75, 3.05) is 32.1 Å². The van der Waals surface area contributed by atoms with Crippen LogP contribution in [0, 0.1) is 5.92 Å². The molecule has 0 saturated carbocycles. The number of nitrogens with zero attached hydrogens (tertiary/aromatic N) is 2. The number of aliphatic imine (C=N–C) groups is 1. The van der Waals surface area contributed by atoms with Gasteiger partial charge in [-0.05, 0) is 50.3 Å². The minimum absolute atomic E-state index is 0.0602. The van der Waals surface area contributed by atoms with Gasteiger partial charge in [0.05, 0.1) is 0 Å². The quantitative estimate of drug-likeness (QED) is 0.503. The molecule has 3 rings (SSSR count). The van der Waals surface area contributed by atoms with E-state index in [0.29, 0.717) is 31.2 Å². The lowest BCUT2D eigenvalue weighted by Crippen LogP contribution is -2.46. The molecule has 0 aliphatic carbocycles. The van der Waals surface area contributed by atoms with Crippen molar-refractivity contribution in [3.63, 3.8) is 0 Å². The van der Waals surface area contributed by atoms with E-state index >= 15 is 0 Å². The monoisotopic (exact) mass is 401 g/mol. The second-order valence-corrected chi connectivity index (χ2v) is 8.39. The second kappa shape index (κ2) is 10.1. The first-order valence-corrected chi connectivity index (χ1v) is 10.7. The van der Waals surface area contributed by atoms with Crippen LogP contribution in [0.4, 0.5) is 5.69 Å². The number of amides is 1. The Morgan fingerprint density at radius 1 is 1.34 bits per heavy atom. The third-order valence-electron chi connectivity index (χ3n) is 5.79. The highest BCUT2D eigenvalue weighted by molar-refractivity contribution is 5.94. The molecule has 2 aliphatic heterocycles. The zero-order valence-corrected chi connectivity index (χ0v) is 18.1. The van der Waals surface area contributed by atoms with E-state index in [1.165, 1.54) is 0 Å². The Bertz CT molecular complexity index is 715. The molecule has 0 aromatic heterocycles. The van der Waals surface area contributed by atoms with E-state index in [4.69, 9.17) is 4.74 Å². The highest BCUT2D eigenvalue weighted by Gasteiger charge is 2.31. The predicted molar refractivity (Wildman–Crippen MR) is 117 cm³/mol. The molecule has 0 radical (unpaired) electrons. The maximum absolute atomic E-state index is 12.3. The molecule has 1 amide bonds. The molecule has 3 N–H and O–H groups in total. The molecule has 3 unspecified atom stereocenters. The van der Waals surface area contributed by atoms with E-state index < -0.39 is 0 Å². The Balaban J connectivity index is 1.51. The van der Waals surface area contributed by atoms with Crippen molar-refractivity contribution in [1.82, 2.24) is 15.5 Å². The molecule has 3 atom stereocenters. The van der Waals surface area contributed by atoms with Gasteiger partial charge in [0, 0.05) is 51.1 Å². The van der Waals surface area contributed by atoms with Crippen LogP contribution >= 0.6 is 0 Å². The average molecular weight is 402 g/mol. The van der Waals surface area contributed by atoms with E-state index in [1.807, 2.05) is 24.3 Å².